The number of hydrogen-bond donors (Lipinski definition) is 1. The van der Waals surface area contributed by atoms with Crippen LogP contribution in [-0.2, 0) is 0 Å². The van der Waals surface area contributed by atoms with E-state index in [9.17, 15) is 5.11 Å². The first-order chi connectivity index (χ1) is 12.8. The summed E-state index contributed by atoms with van der Waals surface area (Å²) in [5, 5.41) is 11.9. The van der Waals surface area contributed by atoms with Gasteiger partial charge < -0.3 is 9.52 Å². The summed E-state index contributed by atoms with van der Waals surface area (Å²) in [6.45, 7) is 0. The van der Waals surface area contributed by atoms with Gasteiger partial charge in [-0.25, -0.2) is 0 Å². The highest BCUT2D eigenvalue weighted by Crippen LogP contribution is 2.28. The van der Waals surface area contributed by atoms with Crippen molar-refractivity contribution in [2.24, 2.45) is 0 Å². The van der Waals surface area contributed by atoms with Gasteiger partial charge >= 0.3 is 0 Å². The minimum atomic E-state index is 0. The molecule has 2 nitrogen and oxygen atoms in total. The molecule has 142 valence electrons. The molecule has 0 aliphatic carbocycles. The van der Waals surface area contributed by atoms with Crippen molar-refractivity contribution in [2.75, 3.05) is 0 Å². The van der Waals surface area contributed by atoms with Gasteiger partial charge in [0.15, 0.2) is 0 Å². The van der Waals surface area contributed by atoms with Crippen LogP contribution in [0.4, 0.5) is 0 Å². The van der Waals surface area contributed by atoms with E-state index in [0.29, 0.717) is 5.75 Å². The maximum absolute atomic E-state index is 9.56. The van der Waals surface area contributed by atoms with E-state index in [0.717, 1.165) is 22.3 Å². The number of rotatable bonds is 1. The second-order valence-electron chi connectivity index (χ2n) is 5.98. The second kappa shape index (κ2) is 9.43. The fourth-order valence-electron chi connectivity index (χ4n) is 3.01. The minimum absolute atomic E-state index is 0. The van der Waals surface area contributed by atoms with Crippen molar-refractivity contribution < 1.29 is 9.52 Å². The van der Waals surface area contributed by atoms with Gasteiger partial charge in [0, 0.05) is 16.3 Å². The van der Waals surface area contributed by atoms with Crippen LogP contribution in [0.3, 0.4) is 0 Å². The average Bonchev–Trinajstić information content (AvgIpc) is 3.08. The molecule has 0 spiro atoms. The largest absolute Gasteiger partial charge is 0.507 e. The topological polar surface area (TPSA) is 33.4 Å². The van der Waals surface area contributed by atoms with Gasteiger partial charge in [0.05, 0.1) is 0 Å². The Balaban J connectivity index is 0.000000187. The summed E-state index contributed by atoms with van der Waals surface area (Å²) < 4.78 is 5.65. The number of benzene rings is 4. The third-order valence-corrected chi connectivity index (χ3v) is 4.27. The monoisotopic (exact) mass is 370 g/mol. The van der Waals surface area contributed by atoms with Crippen molar-refractivity contribution >= 4 is 21.9 Å². The van der Waals surface area contributed by atoms with Gasteiger partial charge in [0.1, 0.15) is 16.9 Å². The molecule has 0 atom stereocenters. The van der Waals surface area contributed by atoms with Gasteiger partial charge in [-0.15, -0.1) is 0 Å². The Morgan fingerprint density at radius 3 is 1.54 bits per heavy atom. The average molecular weight is 370 g/mol. The van der Waals surface area contributed by atoms with E-state index < -0.39 is 0 Å². The molecule has 0 saturated heterocycles. The molecular formula is C26H26O2. The second-order valence-corrected chi connectivity index (χ2v) is 5.98. The number of para-hydroxylation sites is 3. The van der Waals surface area contributed by atoms with Crippen LogP contribution >= 0.6 is 0 Å². The third kappa shape index (κ3) is 4.24. The highest BCUT2D eigenvalue weighted by molar-refractivity contribution is 6.04. The minimum Gasteiger partial charge on any atom is -0.507 e. The van der Waals surface area contributed by atoms with Crippen LogP contribution in [0, 0.1) is 0 Å². The van der Waals surface area contributed by atoms with E-state index in [1.807, 2.05) is 84.9 Å². The van der Waals surface area contributed by atoms with E-state index in [1.165, 1.54) is 10.8 Å². The number of furan rings is 1. The van der Waals surface area contributed by atoms with Crippen LogP contribution in [0.25, 0.3) is 33.1 Å². The van der Waals surface area contributed by atoms with Gasteiger partial charge in [-0.3, -0.25) is 0 Å². The van der Waals surface area contributed by atoms with E-state index in [2.05, 4.69) is 12.1 Å². The lowest BCUT2D eigenvalue weighted by Crippen LogP contribution is -1.76. The first-order valence-corrected chi connectivity index (χ1v) is 8.52. The molecule has 0 saturated carbocycles. The molecule has 0 aliphatic rings. The normalized spacial score (nSPS) is 9.71. The smallest absolute Gasteiger partial charge is 0.135 e. The molecular weight excluding hydrogens is 344 g/mol. The van der Waals surface area contributed by atoms with E-state index in [-0.39, 0.29) is 14.9 Å². The van der Waals surface area contributed by atoms with Crippen LogP contribution in [0.5, 0.6) is 5.75 Å². The lowest BCUT2D eigenvalue weighted by atomic mass is 10.1. The van der Waals surface area contributed by atoms with Gasteiger partial charge in [0.2, 0.25) is 0 Å². The Bertz CT molecular complexity index is 1090. The fourth-order valence-corrected chi connectivity index (χ4v) is 3.01. The maximum atomic E-state index is 9.56. The maximum Gasteiger partial charge on any atom is 0.135 e. The van der Waals surface area contributed by atoms with Crippen molar-refractivity contribution in [1.82, 2.24) is 0 Å². The zero-order valence-corrected chi connectivity index (χ0v) is 14.2. The van der Waals surface area contributed by atoms with Crippen molar-refractivity contribution in [1.29, 1.82) is 0 Å². The number of fused-ring (bicyclic) bond motifs is 3. The van der Waals surface area contributed by atoms with Gasteiger partial charge in [-0.1, -0.05) is 99.8 Å². The summed E-state index contributed by atoms with van der Waals surface area (Å²) in [7, 11) is 0. The van der Waals surface area contributed by atoms with Crippen molar-refractivity contribution in [3.63, 3.8) is 0 Å². The van der Waals surface area contributed by atoms with Crippen LogP contribution in [0.1, 0.15) is 14.9 Å². The summed E-state index contributed by atoms with van der Waals surface area (Å²) in [6.07, 6.45) is 0. The number of phenols is 1. The standard InChI is InChI=1S/C12H8O.C12H10O.2CH4/c1-3-7-11-9(5-1)10-6-2-4-8-12(10)13-11;13-12-9-5-4-8-11(12)10-6-2-1-3-7-10;;/h1-8H;1-9,13H;2*1H4. The molecule has 1 heterocycles. The molecule has 1 N–H and O–H groups in total. The zero-order valence-electron chi connectivity index (χ0n) is 14.2. The Morgan fingerprint density at radius 2 is 0.964 bits per heavy atom. The molecule has 4 aromatic carbocycles. The van der Waals surface area contributed by atoms with Gasteiger partial charge in [-0.2, -0.15) is 0 Å². The number of aromatic hydroxyl groups is 1. The molecule has 0 fully saturated rings. The molecule has 1 aromatic heterocycles. The third-order valence-electron chi connectivity index (χ3n) is 4.27. The zero-order chi connectivity index (χ0) is 17.8. The van der Waals surface area contributed by atoms with Crippen LogP contribution in [-0.4, -0.2) is 5.11 Å². The van der Waals surface area contributed by atoms with E-state index >= 15 is 0 Å². The number of hydrogen-bond acceptors (Lipinski definition) is 2. The fraction of sp³-hybridized carbons (Fsp3) is 0.0769. The van der Waals surface area contributed by atoms with Crippen molar-refractivity contribution in [3.05, 3.63) is 103 Å². The van der Waals surface area contributed by atoms with Crippen LogP contribution < -0.4 is 0 Å². The molecule has 0 radical (unpaired) electrons. The molecule has 2 heteroatoms. The van der Waals surface area contributed by atoms with E-state index in [1.54, 1.807) is 6.07 Å². The molecule has 5 rings (SSSR count). The predicted molar refractivity (Wildman–Crippen MR) is 121 cm³/mol. The summed E-state index contributed by atoms with van der Waals surface area (Å²) in [6, 6.07) is 33.4. The summed E-state index contributed by atoms with van der Waals surface area (Å²) in [5.74, 6) is 0.328. The lowest BCUT2D eigenvalue weighted by Gasteiger charge is -2.02. The SMILES string of the molecule is C.C.Oc1ccccc1-c1ccccc1.c1ccc2c(c1)oc1ccccc12. The molecule has 0 unspecified atom stereocenters. The molecule has 0 aliphatic heterocycles. The highest BCUT2D eigenvalue weighted by atomic mass is 16.3. The van der Waals surface area contributed by atoms with Gasteiger partial charge in [-0.05, 0) is 23.8 Å². The highest BCUT2D eigenvalue weighted by Gasteiger charge is 2.03. The Hall–Kier alpha value is -3.52. The number of phenolic OH excluding ortho intramolecular Hbond substituents is 1. The first kappa shape index (κ1) is 20.8. The van der Waals surface area contributed by atoms with Crippen molar-refractivity contribution in [2.45, 2.75) is 14.9 Å². The Kier molecular flexibility index (Phi) is 7.00. The quantitative estimate of drug-likeness (QED) is 0.325. The van der Waals surface area contributed by atoms with Gasteiger partial charge in [0.25, 0.3) is 0 Å². The Morgan fingerprint density at radius 1 is 0.500 bits per heavy atom. The lowest BCUT2D eigenvalue weighted by molar-refractivity contribution is 0.477. The molecule has 0 amide bonds. The summed E-state index contributed by atoms with van der Waals surface area (Å²) >= 11 is 0. The molecule has 28 heavy (non-hydrogen) atoms. The molecule has 5 aromatic rings. The Labute approximate surface area is 166 Å². The summed E-state index contributed by atoms with van der Waals surface area (Å²) in [5.41, 5.74) is 3.84. The van der Waals surface area contributed by atoms with Crippen LogP contribution in [0.2, 0.25) is 0 Å². The first-order valence-electron chi connectivity index (χ1n) is 8.52. The van der Waals surface area contributed by atoms with E-state index in [4.69, 9.17) is 4.42 Å². The predicted octanol–water partition coefficient (Wildman–Crippen LogP) is 7.92. The van der Waals surface area contributed by atoms with Crippen LogP contribution in [0.15, 0.2) is 108 Å². The van der Waals surface area contributed by atoms with Crippen molar-refractivity contribution in [3.8, 4) is 16.9 Å². The molecule has 0 bridgehead atoms. The summed E-state index contributed by atoms with van der Waals surface area (Å²) in [4.78, 5) is 0.